The Balaban J connectivity index is 0.00000576. The number of thiazole rings is 1. The van der Waals surface area contributed by atoms with Gasteiger partial charge in [0.05, 0.1) is 77.2 Å². The van der Waals surface area contributed by atoms with Gasteiger partial charge in [-0.05, 0) is 42.8 Å². The number of carboxylic acid groups (broad SMARTS) is 4. The second kappa shape index (κ2) is 24.4. The molecule has 236 valence electrons. The molecule has 0 bridgehead atoms. The number of benzene rings is 3. The number of aromatic hydroxyl groups is 1. The molecular formula is C30H25K4N3O11S. The molecule has 0 spiro atoms. The predicted octanol–water partition coefficient (Wildman–Crippen LogP) is -13.9. The van der Waals surface area contributed by atoms with Crippen LogP contribution in [0.3, 0.4) is 0 Å². The van der Waals surface area contributed by atoms with E-state index < -0.39 is 50.1 Å². The molecule has 0 unspecified atom stereocenters. The van der Waals surface area contributed by atoms with Gasteiger partial charge in [-0.25, -0.2) is 4.98 Å². The van der Waals surface area contributed by atoms with Gasteiger partial charge in [0.15, 0.2) is 0 Å². The normalized spacial score (nSPS) is 9.90. The van der Waals surface area contributed by atoms with Crippen molar-refractivity contribution in [3.8, 4) is 27.8 Å². The van der Waals surface area contributed by atoms with Crippen LogP contribution < -0.4 is 245 Å². The van der Waals surface area contributed by atoms with Gasteiger partial charge in [0.1, 0.15) is 35.5 Å². The van der Waals surface area contributed by atoms with Crippen LogP contribution in [0.15, 0.2) is 54.6 Å². The summed E-state index contributed by atoms with van der Waals surface area (Å²) in [5.41, 5.74) is 1.69. The Morgan fingerprint density at radius 3 is 1.71 bits per heavy atom. The van der Waals surface area contributed by atoms with Gasteiger partial charge in [0, 0.05) is 6.07 Å². The third-order valence-electron chi connectivity index (χ3n) is 6.28. The van der Waals surface area contributed by atoms with Crippen molar-refractivity contribution in [2.45, 2.75) is 6.92 Å². The molecule has 0 fully saturated rings. The second-order valence-corrected chi connectivity index (χ2v) is 10.7. The van der Waals surface area contributed by atoms with Gasteiger partial charge in [-0.1, -0.05) is 18.2 Å². The van der Waals surface area contributed by atoms with Crippen molar-refractivity contribution in [2.24, 2.45) is 0 Å². The van der Waals surface area contributed by atoms with E-state index in [9.17, 15) is 44.7 Å². The van der Waals surface area contributed by atoms with Crippen molar-refractivity contribution < 1.29 is 260 Å². The Kier molecular flexibility index (Phi) is 24.9. The van der Waals surface area contributed by atoms with Crippen LogP contribution in [0.25, 0.3) is 20.8 Å². The zero-order valence-electron chi connectivity index (χ0n) is 27.7. The molecule has 1 N–H and O–H groups in total. The Morgan fingerprint density at radius 2 is 1.20 bits per heavy atom. The molecule has 49 heavy (non-hydrogen) atoms. The predicted molar refractivity (Wildman–Crippen MR) is 153 cm³/mol. The minimum atomic E-state index is -1.59. The molecule has 3 aromatic carbocycles. The van der Waals surface area contributed by atoms with Crippen LogP contribution in [0.5, 0.6) is 17.2 Å². The minimum Gasteiger partial charge on any atom is -0.548 e. The molecule has 1 aromatic heterocycles. The number of fused-ring (bicyclic) bond motifs is 1. The van der Waals surface area contributed by atoms with Gasteiger partial charge < -0.3 is 64.0 Å². The van der Waals surface area contributed by atoms with Crippen LogP contribution >= 0.6 is 11.3 Å². The molecule has 4 aromatic rings. The topological polar surface area (TPSA) is 219 Å². The van der Waals surface area contributed by atoms with Crippen LogP contribution in [0.1, 0.15) is 5.56 Å². The minimum absolute atomic E-state index is 0. The van der Waals surface area contributed by atoms with E-state index in [1.54, 1.807) is 31.2 Å². The zero-order chi connectivity index (χ0) is 32.7. The Hall–Kier alpha value is 0.975. The van der Waals surface area contributed by atoms with Crippen molar-refractivity contribution in [3.05, 3.63) is 60.2 Å². The van der Waals surface area contributed by atoms with Crippen LogP contribution in [0.4, 0.5) is 11.4 Å². The summed E-state index contributed by atoms with van der Waals surface area (Å²) in [5, 5.41) is 56.7. The van der Waals surface area contributed by atoms with E-state index in [0.717, 1.165) is 26.1 Å². The summed E-state index contributed by atoms with van der Waals surface area (Å²) < 4.78 is 12.6. The van der Waals surface area contributed by atoms with Crippen molar-refractivity contribution >= 4 is 56.8 Å². The van der Waals surface area contributed by atoms with Crippen molar-refractivity contribution in [1.29, 1.82) is 0 Å². The van der Waals surface area contributed by atoms with Gasteiger partial charge in [0.2, 0.25) is 0 Å². The summed E-state index contributed by atoms with van der Waals surface area (Å²) in [7, 11) is 0. The number of carbonyl (C=O) groups excluding carboxylic acids is 4. The van der Waals surface area contributed by atoms with E-state index in [1.807, 2.05) is 12.1 Å². The van der Waals surface area contributed by atoms with Crippen LogP contribution in [0.2, 0.25) is 0 Å². The van der Waals surface area contributed by atoms with Gasteiger partial charge in [-0.3, -0.25) is 0 Å². The van der Waals surface area contributed by atoms with Crippen molar-refractivity contribution in [2.75, 3.05) is 49.2 Å². The molecule has 0 aliphatic heterocycles. The molecule has 19 heteroatoms. The molecule has 0 amide bonds. The number of ether oxygens (including phenoxy) is 2. The average molecular weight is 792 g/mol. The fraction of sp³-hybridized carbons (Fsp3) is 0.233. The quantitative estimate of drug-likeness (QED) is 0.0824. The van der Waals surface area contributed by atoms with Gasteiger partial charge in [0.25, 0.3) is 0 Å². The maximum Gasteiger partial charge on any atom is 1.00 e. The van der Waals surface area contributed by atoms with Gasteiger partial charge >= 0.3 is 206 Å². The number of aliphatic carboxylic acids is 4. The smallest absolute Gasteiger partial charge is 0.548 e. The Morgan fingerprint density at radius 1 is 0.714 bits per heavy atom. The first-order valence-electron chi connectivity index (χ1n) is 13.3. The fourth-order valence-corrected chi connectivity index (χ4v) is 5.45. The van der Waals surface area contributed by atoms with Crippen molar-refractivity contribution in [1.82, 2.24) is 4.98 Å². The number of carboxylic acids is 4. The molecule has 0 saturated heterocycles. The number of carbonyl (C=O) groups is 4. The maximum absolute atomic E-state index is 11.4. The van der Waals surface area contributed by atoms with Crippen LogP contribution in [-0.4, -0.2) is 73.4 Å². The number of anilines is 2. The number of hydrogen-bond acceptors (Lipinski definition) is 15. The van der Waals surface area contributed by atoms with E-state index in [1.165, 1.54) is 23.5 Å². The van der Waals surface area contributed by atoms with E-state index in [0.29, 0.717) is 10.5 Å². The molecule has 0 radical (unpaired) electrons. The van der Waals surface area contributed by atoms with Gasteiger partial charge in [-0.15, -0.1) is 11.3 Å². The molecule has 0 atom stereocenters. The van der Waals surface area contributed by atoms with E-state index in [-0.39, 0.29) is 253 Å². The second-order valence-electron chi connectivity index (χ2n) is 9.69. The number of para-hydroxylation sites is 1. The van der Waals surface area contributed by atoms with Crippen LogP contribution in [-0.2, 0) is 19.2 Å². The number of phenolic OH excluding ortho intramolecular Hbond substituents is 1. The number of aromatic nitrogens is 1. The number of aryl methyl sites for hydroxylation is 1. The first-order valence-corrected chi connectivity index (χ1v) is 14.1. The number of phenols is 1. The third-order valence-corrected chi connectivity index (χ3v) is 7.35. The fourth-order valence-electron chi connectivity index (χ4n) is 4.46. The van der Waals surface area contributed by atoms with Crippen LogP contribution in [0, 0.1) is 6.92 Å². The monoisotopic (exact) mass is 791 g/mol. The maximum atomic E-state index is 11.4. The van der Waals surface area contributed by atoms with E-state index >= 15 is 0 Å². The molecule has 4 rings (SSSR count). The number of nitrogens with zero attached hydrogens (tertiary/aromatic N) is 3. The number of hydrogen-bond donors (Lipinski definition) is 1. The Labute approximate surface area is 455 Å². The summed E-state index contributed by atoms with van der Waals surface area (Å²) in [5.74, 6) is -6.43. The number of rotatable bonds is 16. The summed E-state index contributed by atoms with van der Waals surface area (Å²) >= 11 is 1.28. The van der Waals surface area contributed by atoms with E-state index in [4.69, 9.17) is 9.47 Å². The third kappa shape index (κ3) is 15.3. The average Bonchev–Trinajstić information content (AvgIpc) is 3.38. The SMILES string of the molecule is Cc1ccc(N(CC(=O)[O-])CC(=O)[O-])c(OCCOc2cc(-c3nc4ccccc4s3)c(O)cc2N(CC(=O)[O-])CC(=O)[O-])c1.[K+].[K+].[K+].[K+]. The largest absolute Gasteiger partial charge is 1.00 e. The summed E-state index contributed by atoms with van der Waals surface area (Å²) in [4.78, 5) is 51.8. The molecule has 0 saturated carbocycles. The molecule has 1 heterocycles. The van der Waals surface area contributed by atoms with Crippen molar-refractivity contribution in [3.63, 3.8) is 0 Å². The molecule has 0 aliphatic rings. The molecular weight excluding hydrogens is 767 g/mol. The summed E-state index contributed by atoms with van der Waals surface area (Å²) in [6.45, 7) is -1.87. The summed E-state index contributed by atoms with van der Waals surface area (Å²) in [6, 6.07) is 14.5. The first kappa shape index (κ1) is 50.0. The summed E-state index contributed by atoms with van der Waals surface area (Å²) in [6.07, 6.45) is 0. The molecule has 0 aliphatic carbocycles. The Bertz CT molecular complexity index is 1690. The van der Waals surface area contributed by atoms with Gasteiger partial charge in [-0.2, -0.15) is 0 Å². The first-order chi connectivity index (χ1) is 21.4. The van der Waals surface area contributed by atoms with E-state index in [2.05, 4.69) is 4.98 Å². The standard InChI is InChI=1S/C30H29N3O11S.4K/c1-17-6-7-20(32(13-26(35)36)14-27(37)38)23(10-17)43-8-9-44-24-11-18(30-31-19-4-2-3-5-25(19)45-30)22(34)12-21(24)33(15-28(39)40)16-29(41)42;;;;/h2-7,10-12,34H,8-9,13-16H2,1H3,(H,35,36)(H,37,38)(H,39,40)(H,41,42);;;;/q;4*+1/p-4. The molecule has 14 nitrogen and oxygen atoms in total. The zero-order valence-corrected chi connectivity index (χ0v) is 41.0.